The topological polar surface area (TPSA) is 197 Å². The lowest BCUT2D eigenvalue weighted by Crippen LogP contribution is -2.57. The highest BCUT2D eigenvalue weighted by Gasteiger charge is 2.75. The summed E-state index contributed by atoms with van der Waals surface area (Å²) in [5.74, 6) is 1.18. The number of fused-ring (bicyclic) bond motifs is 3. The lowest BCUT2D eigenvalue weighted by Gasteiger charge is -2.46. The van der Waals surface area contributed by atoms with Gasteiger partial charge in [-0.3, -0.25) is 19.3 Å². The maximum Gasteiger partial charge on any atom is 0.329 e. The molecule has 3 saturated heterocycles. The fraction of sp³-hybridized carbons (Fsp3) is 0.339. The maximum atomic E-state index is 16.7. The molecule has 0 radical (unpaired) electrons. The molecule has 72 heavy (non-hydrogen) atoms. The van der Waals surface area contributed by atoms with Crippen molar-refractivity contribution in [2.75, 3.05) is 68.4 Å². The van der Waals surface area contributed by atoms with E-state index in [0.29, 0.717) is 60.0 Å². The summed E-state index contributed by atoms with van der Waals surface area (Å²) in [6, 6.07) is 32.0. The largest absolute Gasteiger partial charge is 0.491 e. The van der Waals surface area contributed by atoms with E-state index in [4.69, 9.17) is 18.9 Å². The first-order valence-electron chi connectivity index (χ1n) is 24.1. The number of cyclic esters (lactones) is 1. The van der Waals surface area contributed by atoms with Gasteiger partial charge in [0.25, 0.3) is 0 Å². The molecule has 4 aliphatic heterocycles. The number of hydrogen-bond acceptors (Lipinski definition) is 13. The van der Waals surface area contributed by atoms with E-state index in [0.717, 1.165) is 10.6 Å². The van der Waals surface area contributed by atoms with Crippen LogP contribution in [0.25, 0.3) is 0 Å². The molecule has 4 heterocycles. The number of carbonyl (C=O) groups is 5. The zero-order valence-corrected chi connectivity index (χ0v) is 40.2. The van der Waals surface area contributed by atoms with Crippen molar-refractivity contribution in [3.63, 3.8) is 0 Å². The second-order valence-corrected chi connectivity index (χ2v) is 18.4. The van der Waals surface area contributed by atoms with Crippen molar-refractivity contribution < 1.29 is 53.1 Å². The molecular weight excluding hydrogens is 919 g/mol. The van der Waals surface area contributed by atoms with Crippen molar-refractivity contribution in [3.8, 4) is 17.6 Å². The Balaban J connectivity index is 1.33. The molecule has 16 nitrogen and oxygen atoms in total. The molecule has 372 valence electrons. The molecule has 7 atom stereocenters. The Kier molecular flexibility index (Phi) is 14.7. The molecule has 4 N–H and O–H groups in total. The first-order chi connectivity index (χ1) is 35.0. The second kappa shape index (κ2) is 21.4. The lowest BCUT2D eigenvalue weighted by atomic mass is 9.65. The molecule has 3 fully saturated rings. The van der Waals surface area contributed by atoms with Gasteiger partial charge >= 0.3 is 18.0 Å². The summed E-state index contributed by atoms with van der Waals surface area (Å²) in [6.45, 7) is 5.41. The van der Waals surface area contributed by atoms with Crippen LogP contribution in [0.15, 0.2) is 127 Å². The van der Waals surface area contributed by atoms with E-state index in [1.165, 1.54) is 7.11 Å². The first-order valence-corrected chi connectivity index (χ1v) is 24.1. The zero-order valence-electron chi connectivity index (χ0n) is 40.2. The number of anilines is 3. The van der Waals surface area contributed by atoms with Gasteiger partial charge in [-0.2, -0.15) is 0 Å². The predicted molar refractivity (Wildman–Crippen MR) is 267 cm³/mol. The molecule has 5 aromatic rings. The van der Waals surface area contributed by atoms with Gasteiger partial charge in [-0.05, 0) is 82.8 Å². The summed E-state index contributed by atoms with van der Waals surface area (Å²) in [5.41, 5.74) is 1.64. The molecule has 9 rings (SSSR count). The summed E-state index contributed by atoms with van der Waals surface area (Å²) in [5, 5.41) is 25.4. The third-order valence-electron chi connectivity index (χ3n) is 13.9. The summed E-state index contributed by atoms with van der Waals surface area (Å²) in [4.78, 5) is 81.6. The van der Waals surface area contributed by atoms with Crippen LogP contribution in [0.1, 0.15) is 66.3 Å². The lowest BCUT2D eigenvalue weighted by molar-refractivity contribution is -0.177. The normalized spacial score (nSPS) is 22.8. The number of ether oxygens (including phenoxy) is 4. The molecule has 0 saturated carbocycles. The molecule has 0 aromatic heterocycles. The monoisotopic (exact) mass is 975 g/mol. The maximum absolute atomic E-state index is 16.7. The van der Waals surface area contributed by atoms with Crippen LogP contribution in [0, 0.1) is 23.7 Å². The highest BCUT2D eigenvalue weighted by Crippen LogP contribution is 2.66. The third-order valence-corrected chi connectivity index (χ3v) is 13.9. The van der Waals surface area contributed by atoms with E-state index >= 15 is 19.2 Å². The molecule has 0 unspecified atom stereocenters. The number of amides is 4. The Hall–Kier alpha value is -7.55. The molecule has 0 bridgehead atoms. The molecule has 16 heteroatoms. The van der Waals surface area contributed by atoms with E-state index in [1.807, 2.05) is 77.7 Å². The van der Waals surface area contributed by atoms with Gasteiger partial charge < -0.3 is 44.7 Å². The van der Waals surface area contributed by atoms with Crippen LogP contribution in [0.4, 0.5) is 21.9 Å². The second-order valence-electron chi connectivity index (χ2n) is 18.4. The number of hydrogen-bond donors (Lipinski definition) is 4. The van der Waals surface area contributed by atoms with E-state index in [1.54, 1.807) is 68.4 Å². The Labute approximate surface area is 417 Å². The third kappa shape index (κ3) is 9.16. The quantitative estimate of drug-likeness (QED) is 0.0813. The van der Waals surface area contributed by atoms with Crippen LogP contribution in [0.5, 0.6) is 5.75 Å². The highest BCUT2D eigenvalue weighted by atomic mass is 16.6. The number of aliphatic hydroxyl groups is 2. The van der Waals surface area contributed by atoms with Gasteiger partial charge in [0.15, 0.2) is 0 Å². The number of rotatable bonds is 13. The number of methoxy groups -OCH3 is 1. The first kappa shape index (κ1) is 49.4. The average molecular weight is 976 g/mol. The number of nitrogens with one attached hydrogen (secondary N) is 2. The SMILES string of the molecule is COC(=O)[C@@H](NC(=O)N1C(=O)[C@@]2(c3cc(C#CCCO)ccc31)[C@H](c1cccc(OCCO)c1)N1[C@H](c3ccccc3)[C@H](c3ccccc3)OC(=O)[C@H]1[C@@H]2C(=O)Nc1ccc(N2CCOCC2)cc1)C(C)C. The average Bonchev–Trinajstić information content (AvgIpc) is 3.86. The van der Waals surface area contributed by atoms with E-state index in [2.05, 4.69) is 27.4 Å². The number of urea groups is 1. The number of benzene rings is 5. The number of esters is 2. The number of morpholine rings is 2. The van der Waals surface area contributed by atoms with Crippen molar-refractivity contribution in [1.29, 1.82) is 0 Å². The summed E-state index contributed by atoms with van der Waals surface area (Å²) in [7, 11) is 1.20. The molecule has 4 amide bonds. The minimum absolute atomic E-state index is 0.0567. The fourth-order valence-electron chi connectivity index (χ4n) is 10.8. The van der Waals surface area contributed by atoms with Gasteiger partial charge in [0, 0.05) is 36.4 Å². The Morgan fingerprint density at radius 3 is 2.18 bits per heavy atom. The summed E-state index contributed by atoms with van der Waals surface area (Å²) >= 11 is 0. The van der Waals surface area contributed by atoms with Crippen molar-refractivity contribution in [2.45, 2.75) is 56.0 Å². The van der Waals surface area contributed by atoms with Gasteiger partial charge in [-0.15, -0.1) is 0 Å². The van der Waals surface area contributed by atoms with Crippen molar-refractivity contribution in [3.05, 3.63) is 155 Å². The van der Waals surface area contributed by atoms with Gasteiger partial charge in [0.1, 0.15) is 36.0 Å². The van der Waals surface area contributed by atoms with Gasteiger partial charge in [0.2, 0.25) is 11.8 Å². The Morgan fingerprint density at radius 2 is 1.51 bits per heavy atom. The Bertz CT molecular complexity index is 2860. The predicted octanol–water partition coefficient (Wildman–Crippen LogP) is 5.84. The Morgan fingerprint density at radius 1 is 0.819 bits per heavy atom. The van der Waals surface area contributed by atoms with Crippen LogP contribution in [0.3, 0.4) is 0 Å². The summed E-state index contributed by atoms with van der Waals surface area (Å²) in [6.07, 6.45) is -0.835. The number of aliphatic hydroxyl groups excluding tert-OH is 2. The van der Waals surface area contributed by atoms with Crippen LogP contribution in [0.2, 0.25) is 0 Å². The minimum Gasteiger partial charge on any atom is -0.491 e. The van der Waals surface area contributed by atoms with E-state index in [-0.39, 0.29) is 37.5 Å². The molecule has 1 spiro atoms. The van der Waals surface area contributed by atoms with E-state index in [9.17, 15) is 15.0 Å². The van der Waals surface area contributed by atoms with Gasteiger partial charge in [-0.25, -0.2) is 14.5 Å². The fourth-order valence-corrected chi connectivity index (χ4v) is 10.8. The molecule has 4 aliphatic rings. The smallest absolute Gasteiger partial charge is 0.329 e. The van der Waals surface area contributed by atoms with Crippen molar-refractivity contribution in [2.24, 2.45) is 11.8 Å². The van der Waals surface area contributed by atoms with E-state index < -0.39 is 77.3 Å². The summed E-state index contributed by atoms with van der Waals surface area (Å²) < 4.78 is 23.3. The minimum atomic E-state index is -2.16. The molecule has 5 aromatic carbocycles. The highest BCUT2D eigenvalue weighted by molar-refractivity contribution is 6.25. The van der Waals surface area contributed by atoms with Crippen LogP contribution in [-0.4, -0.2) is 110 Å². The van der Waals surface area contributed by atoms with Crippen molar-refractivity contribution >= 4 is 46.8 Å². The number of imide groups is 1. The molecule has 0 aliphatic carbocycles. The van der Waals surface area contributed by atoms with Gasteiger partial charge in [-0.1, -0.05) is 98.5 Å². The van der Waals surface area contributed by atoms with Crippen molar-refractivity contribution in [1.82, 2.24) is 10.2 Å². The van der Waals surface area contributed by atoms with Crippen LogP contribution in [-0.2, 0) is 38.8 Å². The van der Waals surface area contributed by atoms with Crippen LogP contribution < -0.4 is 25.2 Å². The molecular formula is C56H57N5O11. The number of carbonyl (C=O) groups excluding carboxylic acids is 5. The van der Waals surface area contributed by atoms with Gasteiger partial charge in [0.05, 0.1) is 57.2 Å². The standard InChI is InChI=1S/C56H57N5O11/c1-35(2)46(52(65)69-3)58-55(68)60-44-25-20-36(13-10-11-28-62)33-43(44)56(54(60)67)45(51(64)57-40-21-23-41(24-22-40)59-26-30-70-31-27-59)48-53(66)72-49(38-16-8-5-9-17-38)47(37-14-6-4-7-15-37)61(48)50(56)39-18-12-19-42(34-39)71-32-29-63/h4-9,12,14-25,33-35,45-50,62-63H,11,26-32H2,1-3H3,(H,57,64)(H,58,68)/t45-,46+,47-,48-,49+,50+,56-/m1/s1. The number of nitrogens with zero attached hydrogens (tertiary/aromatic N) is 3. The van der Waals surface area contributed by atoms with Crippen LogP contribution >= 0.6 is 0 Å². The zero-order chi connectivity index (χ0) is 50.5.